The molecule has 4 nitrogen and oxygen atoms in total. The van der Waals surface area contributed by atoms with Gasteiger partial charge in [0.1, 0.15) is 0 Å². The fourth-order valence-electron chi connectivity index (χ4n) is 5.03. The number of amides is 1. The number of hydrogen-bond acceptors (Lipinski definition) is 3. The fourth-order valence-corrected chi connectivity index (χ4v) is 5.03. The maximum absolute atomic E-state index is 13.0. The van der Waals surface area contributed by atoms with Crippen LogP contribution in [0.1, 0.15) is 43.2 Å². The van der Waals surface area contributed by atoms with Crippen molar-refractivity contribution in [2.24, 2.45) is 17.3 Å². The van der Waals surface area contributed by atoms with E-state index >= 15 is 0 Å². The minimum Gasteiger partial charge on any atom is -0.396 e. The molecule has 4 heteroatoms. The van der Waals surface area contributed by atoms with Gasteiger partial charge in [0.15, 0.2) is 0 Å². The van der Waals surface area contributed by atoms with E-state index in [4.69, 9.17) is 4.74 Å². The molecule has 1 saturated carbocycles. The van der Waals surface area contributed by atoms with E-state index in [0.717, 1.165) is 58.2 Å². The second-order valence-electron chi connectivity index (χ2n) is 8.18. The summed E-state index contributed by atoms with van der Waals surface area (Å²) in [7, 11) is 0. The molecule has 2 N–H and O–H groups in total. The number of fused-ring (bicyclic) bond motifs is 1. The van der Waals surface area contributed by atoms with Gasteiger partial charge in [-0.3, -0.25) is 4.79 Å². The normalized spacial score (nSPS) is 24.4. The zero-order valence-electron chi connectivity index (χ0n) is 14.9. The first-order valence-electron chi connectivity index (χ1n) is 9.78. The third-order valence-electron chi connectivity index (χ3n) is 6.78. The van der Waals surface area contributed by atoms with E-state index in [1.807, 2.05) is 0 Å². The molecule has 1 heterocycles. The molecule has 1 aromatic rings. The first-order chi connectivity index (χ1) is 12.2. The van der Waals surface area contributed by atoms with Gasteiger partial charge in [-0.2, -0.15) is 0 Å². The van der Waals surface area contributed by atoms with Gasteiger partial charge in [-0.25, -0.2) is 0 Å². The lowest BCUT2D eigenvalue weighted by Crippen LogP contribution is -2.58. The summed E-state index contributed by atoms with van der Waals surface area (Å²) < 4.78 is 5.52. The Hall–Kier alpha value is -1.39. The number of aliphatic hydroxyl groups excluding tert-OH is 1. The van der Waals surface area contributed by atoms with Crippen molar-refractivity contribution in [1.29, 1.82) is 0 Å². The number of nitrogens with one attached hydrogen (secondary N) is 1. The smallest absolute Gasteiger partial charge is 0.224 e. The Morgan fingerprint density at radius 1 is 1.20 bits per heavy atom. The first-order valence-corrected chi connectivity index (χ1v) is 9.78. The molecule has 0 aromatic heterocycles. The second kappa shape index (κ2) is 7.08. The number of carbonyl (C=O) groups is 1. The Bertz CT molecular complexity index is 589. The van der Waals surface area contributed by atoms with Crippen LogP contribution in [-0.2, 0) is 22.4 Å². The Balaban J connectivity index is 1.48. The monoisotopic (exact) mass is 343 g/mol. The molecule has 25 heavy (non-hydrogen) atoms. The van der Waals surface area contributed by atoms with E-state index in [2.05, 4.69) is 29.6 Å². The van der Waals surface area contributed by atoms with Gasteiger partial charge in [0, 0.05) is 30.6 Å². The Morgan fingerprint density at radius 2 is 1.84 bits per heavy atom. The van der Waals surface area contributed by atoms with Gasteiger partial charge in [-0.15, -0.1) is 0 Å². The van der Waals surface area contributed by atoms with Crippen LogP contribution in [-0.4, -0.2) is 36.9 Å². The van der Waals surface area contributed by atoms with E-state index in [0.29, 0.717) is 5.92 Å². The van der Waals surface area contributed by atoms with Crippen molar-refractivity contribution in [1.82, 2.24) is 5.32 Å². The topological polar surface area (TPSA) is 58.6 Å². The number of carbonyl (C=O) groups excluding carboxylic acids is 1. The highest BCUT2D eigenvalue weighted by atomic mass is 16.5. The summed E-state index contributed by atoms with van der Waals surface area (Å²) >= 11 is 0. The van der Waals surface area contributed by atoms with Gasteiger partial charge in [0.2, 0.25) is 5.91 Å². The minimum absolute atomic E-state index is 0.0376. The summed E-state index contributed by atoms with van der Waals surface area (Å²) in [4.78, 5) is 13.0. The zero-order chi connectivity index (χ0) is 17.3. The Labute approximate surface area is 150 Å². The number of hydrogen-bond donors (Lipinski definition) is 2. The molecule has 2 aliphatic carbocycles. The summed E-state index contributed by atoms with van der Waals surface area (Å²) in [6.07, 6.45) is 6.86. The van der Waals surface area contributed by atoms with Crippen molar-refractivity contribution in [2.75, 3.05) is 19.8 Å². The maximum atomic E-state index is 13.0. The third kappa shape index (κ3) is 3.22. The van der Waals surface area contributed by atoms with Crippen molar-refractivity contribution >= 4 is 5.91 Å². The third-order valence-corrected chi connectivity index (χ3v) is 6.78. The highest BCUT2D eigenvalue weighted by Crippen LogP contribution is 2.47. The van der Waals surface area contributed by atoms with Gasteiger partial charge in [-0.1, -0.05) is 30.7 Å². The van der Waals surface area contributed by atoms with Crippen LogP contribution in [0.3, 0.4) is 0 Å². The molecule has 136 valence electrons. The molecule has 2 fully saturated rings. The maximum Gasteiger partial charge on any atom is 0.224 e. The summed E-state index contributed by atoms with van der Waals surface area (Å²) in [5.41, 5.74) is 2.51. The summed E-state index contributed by atoms with van der Waals surface area (Å²) in [6.45, 7) is 1.72. The van der Waals surface area contributed by atoms with Crippen LogP contribution in [0.4, 0.5) is 0 Å². The number of ether oxygens (including phenoxy) is 1. The van der Waals surface area contributed by atoms with Crippen LogP contribution in [0.2, 0.25) is 0 Å². The average Bonchev–Trinajstić information content (AvgIpc) is 3.05. The molecular formula is C21H29NO3. The van der Waals surface area contributed by atoms with Crippen LogP contribution in [0, 0.1) is 17.3 Å². The molecule has 0 bridgehead atoms. The highest BCUT2D eigenvalue weighted by molar-refractivity contribution is 5.80. The van der Waals surface area contributed by atoms with Crippen LogP contribution in [0.15, 0.2) is 24.3 Å². The second-order valence-corrected chi connectivity index (χ2v) is 8.18. The van der Waals surface area contributed by atoms with Crippen molar-refractivity contribution in [3.05, 3.63) is 35.4 Å². The van der Waals surface area contributed by atoms with Crippen LogP contribution in [0.25, 0.3) is 0 Å². The molecule has 1 saturated heterocycles. The lowest BCUT2D eigenvalue weighted by atomic mass is 9.60. The van der Waals surface area contributed by atoms with Gasteiger partial charge < -0.3 is 15.2 Å². The largest absolute Gasteiger partial charge is 0.396 e. The molecular weight excluding hydrogens is 314 g/mol. The first kappa shape index (κ1) is 17.0. The van der Waals surface area contributed by atoms with Gasteiger partial charge in [0.25, 0.3) is 0 Å². The molecule has 0 spiro atoms. The average molecular weight is 343 g/mol. The fraction of sp³-hybridized carbons (Fsp3) is 0.667. The van der Waals surface area contributed by atoms with Crippen molar-refractivity contribution in [2.45, 2.75) is 51.0 Å². The lowest BCUT2D eigenvalue weighted by Gasteiger charge is -2.50. The molecule has 0 radical (unpaired) electrons. The summed E-state index contributed by atoms with van der Waals surface area (Å²) in [5.74, 6) is 0.636. The van der Waals surface area contributed by atoms with E-state index in [1.54, 1.807) is 0 Å². The summed E-state index contributed by atoms with van der Waals surface area (Å²) in [6, 6.07) is 8.48. The van der Waals surface area contributed by atoms with E-state index in [9.17, 15) is 9.90 Å². The van der Waals surface area contributed by atoms with Crippen LogP contribution >= 0.6 is 0 Å². The highest BCUT2D eigenvalue weighted by Gasteiger charge is 2.48. The quantitative estimate of drug-likeness (QED) is 0.863. The standard InChI is InChI=1S/C21H29NO3/c23-14-21(8-3-9-21)19(15-6-10-25-11-7-15)22-20(24)18-12-16-4-1-2-5-17(16)13-18/h1-2,4-5,15,18-19,23H,3,6-14H2,(H,22,24)/t19-/m0/s1. The van der Waals surface area contributed by atoms with Gasteiger partial charge in [0.05, 0.1) is 6.61 Å². The number of rotatable bonds is 5. The van der Waals surface area contributed by atoms with Crippen LogP contribution < -0.4 is 5.32 Å². The van der Waals surface area contributed by atoms with E-state index < -0.39 is 0 Å². The number of benzene rings is 1. The Morgan fingerprint density at radius 3 is 2.36 bits per heavy atom. The molecule has 1 aliphatic heterocycles. The molecule has 1 atom stereocenters. The number of aliphatic hydroxyl groups is 1. The van der Waals surface area contributed by atoms with E-state index in [1.165, 1.54) is 11.1 Å². The predicted molar refractivity (Wildman–Crippen MR) is 96.2 cm³/mol. The van der Waals surface area contributed by atoms with Crippen molar-refractivity contribution in [3.8, 4) is 0 Å². The summed E-state index contributed by atoms with van der Waals surface area (Å²) in [5, 5.41) is 13.5. The zero-order valence-corrected chi connectivity index (χ0v) is 14.9. The van der Waals surface area contributed by atoms with Crippen molar-refractivity contribution < 1.29 is 14.6 Å². The molecule has 3 aliphatic rings. The van der Waals surface area contributed by atoms with Gasteiger partial charge in [-0.05, 0) is 55.6 Å². The molecule has 0 unspecified atom stereocenters. The van der Waals surface area contributed by atoms with Gasteiger partial charge >= 0.3 is 0 Å². The molecule has 1 aromatic carbocycles. The Kier molecular flexibility index (Phi) is 4.83. The van der Waals surface area contributed by atoms with Crippen LogP contribution in [0.5, 0.6) is 0 Å². The lowest BCUT2D eigenvalue weighted by molar-refractivity contribution is -0.130. The minimum atomic E-state index is -0.108. The van der Waals surface area contributed by atoms with Crippen molar-refractivity contribution in [3.63, 3.8) is 0 Å². The predicted octanol–water partition coefficient (Wildman–Crippen LogP) is 2.48. The SMILES string of the molecule is O=C(N[C@@H](C1CCOCC1)C1(CO)CCC1)C1Cc2ccccc2C1. The molecule has 4 rings (SSSR count). The van der Waals surface area contributed by atoms with E-state index in [-0.39, 0.29) is 29.9 Å². The molecule has 1 amide bonds.